The van der Waals surface area contributed by atoms with Crippen LogP contribution in [0.15, 0.2) is 41.2 Å². The Morgan fingerprint density at radius 3 is 3.04 bits per heavy atom. The van der Waals surface area contributed by atoms with Gasteiger partial charge in [0.25, 0.3) is 5.91 Å². The minimum Gasteiger partial charge on any atom is -0.451 e. The van der Waals surface area contributed by atoms with Gasteiger partial charge >= 0.3 is 0 Å². The number of amides is 1. The van der Waals surface area contributed by atoms with Gasteiger partial charge in [0.1, 0.15) is 5.58 Å². The SMILES string of the molecule is CN(C)C[C@@H]1CN(C(=O)c2cc3cc(Cl)ccc3o2)Cc2cncn21. The molecule has 2 aromatic heterocycles. The van der Waals surface area contributed by atoms with Crippen LogP contribution in [0.5, 0.6) is 0 Å². The predicted molar refractivity (Wildman–Crippen MR) is 95.8 cm³/mol. The van der Waals surface area contributed by atoms with Crippen LogP contribution in [0.3, 0.4) is 0 Å². The van der Waals surface area contributed by atoms with Gasteiger partial charge in [-0.15, -0.1) is 0 Å². The van der Waals surface area contributed by atoms with E-state index < -0.39 is 0 Å². The van der Waals surface area contributed by atoms with Crippen molar-refractivity contribution >= 4 is 28.5 Å². The number of fused-ring (bicyclic) bond motifs is 2. The molecular formula is C18H19ClN4O2. The molecule has 1 amide bonds. The Bertz CT molecular complexity index is 930. The lowest BCUT2D eigenvalue weighted by Crippen LogP contribution is -2.43. The van der Waals surface area contributed by atoms with Gasteiger partial charge < -0.3 is 18.8 Å². The number of imidazole rings is 1. The molecule has 0 radical (unpaired) electrons. The number of halogens is 1. The van der Waals surface area contributed by atoms with Crippen LogP contribution in [0.2, 0.25) is 5.02 Å². The molecule has 0 aliphatic carbocycles. The number of hydrogen-bond donors (Lipinski definition) is 0. The van der Waals surface area contributed by atoms with E-state index in [0.29, 0.717) is 29.5 Å². The van der Waals surface area contributed by atoms with Gasteiger partial charge in [-0.3, -0.25) is 4.79 Å². The van der Waals surface area contributed by atoms with Gasteiger partial charge in [0.2, 0.25) is 0 Å². The van der Waals surface area contributed by atoms with E-state index in [2.05, 4.69) is 14.5 Å². The van der Waals surface area contributed by atoms with E-state index in [0.717, 1.165) is 17.6 Å². The minimum atomic E-state index is -0.108. The Labute approximate surface area is 150 Å². The third-order valence-corrected chi connectivity index (χ3v) is 4.71. The van der Waals surface area contributed by atoms with Crippen molar-refractivity contribution in [2.45, 2.75) is 12.6 Å². The van der Waals surface area contributed by atoms with E-state index in [1.54, 1.807) is 24.3 Å². The first-order valence-electron chi connectivity index (χ1n) is 8.15. The molecule has 7 heteroatoms. The number of carbonyl (C=O) groups is 1. The second-order valence-corrected chi connectivity index (χ2v) is 7.12. The maximum Gasteiger partial charge on any atom is 0.290 e. The maximum atomic E-state index is 13.0. The van der Waals surface area contributed by atoms with E-state index in [1.807, 2.05) is 31.5 Å². The summed E-state index contributed by atoms with van der Waals surface area (Å²) in [6.07, 6.45) is 3.66. The fourth-order valence-corrected chi connectivity index (χ4v) is 3.56. The lowest BCUT2D eigenvalue weighted by molar-refractivity contribution is 0.0634. The molecule has 1 aliphatic rings. The van der Waals surface area contributed by atoms with Crippen molar-refractivity contribution < 1.29 is 9.21 Å². The number of nitrogens with zero attached hydrogens (tertiary/aromatic N) is 4. The van der Waals surface area contributed by atoms with Crippen molar-refractivity contribution in [3.63, 3.8) is 0 Å². The van der Waals surface area contributed by atoms with Crippen LogP contribution < -0.4 is 0 Å². The van der Waals surface area contributed by atoms with Gasteiger partial charge in [-0.1, -0.05) is 11.6 Å². The van der Waals surface area contributed by atoms with E-state index in [-0.39, 0.29) is 11.9 Å². The Morgan fingerprint density at radius 2 is 2.24 bits per heavy atom. The summed E-state index contributed by atoms with van der Waals surface area (Å²) in [5.41, 5.74) is 1.70. The largest absolute Gasteiger partial charge is 0.451 e. The van der Waals surface area contributed by atoms with Gasteiger partial charge in [-0.2, -0.15) is 0 Å². The van der Waals surface area contributed by atoms with Crippen LogP contribution in [0.1, 0.15) is 22.3 Å². The highest BCUT2D eigenvalue weighted by Crippen LogP contribution is 2.27. The summed E-state index contributed by atoms with van der Waals surface area (Å²) < 4.78 is 7.90. The Hall–Kier alpha value is -2.31. The van der Waals surface area contributed by atoms with Crippen LogP contribution in [-0.2, 0) is 6.54 Å². The first-order valence-corrected chi connectivity index (χ1v) is 8.53. The van der Waals surface area contributed by atoms with Gasteiger partial charge in [0.05, 0.1) is 24.6 Å². The van der Waals surface area contributed by atoms with Crippen molar-refractivity contribution in [2.24, 2.45) is 0 Å². The number of aromatic nitrogens is 2. The predicted octanol–water partition coefficient (Wildman–Crippen LogP) is 3.04. The topological polar surface area (TPSA) is 54.5 Å². The highest BCUT2D eigenvalue weighted by Gasteiger charge is 2.30. The van der Waals surface area contributed by atoms with Gasteiger partial charge in [-0.05, 0) is 38.4 Å². The van der Waals surface area contributed by atoms with E-state index in [9.17, 15) is 4.79 Å². The van der Waals surface area contributed by atoms with Crippen molar-refractivity contribution in [3.05, 3.63) is 53.3 Å². The van der Waals surface area contributed by atoms with Crippen LogP contribution in [0.25, 0.3) is 11.0 Å². The third-order valence-electron chi connectivity index (χ3n) is 4.48. The van der Waals surface area contributed by atoms with Crippen LogP contribution in [0.4, 0.5) is 0 Å². The number of furan rings is 1. The van der Waals surface area contributed by atoms with Gasteiger partial charge in [-0.25, -0.2) is 4.98 Å². The zero-order valence-electron chi connectivity index (χ0n) is 14.1. The summed E-state index contributed by atoms with van der Waals surface area (Å²) in [4.78, 5) is 21.2. The molecule has 3 heterocycles. The summed E-state index contributed by atoms with van der Waals surface area (Å²) in [5.74, 6) is 0.234. The molecule has 0 N–H and O–H groups in total. The highest BCUT2D eigenvalue weighted by atomic mass is 35.5. The highest BCUT2D eigenvalue weighted by molar-refractivity contribution is 6.31. The first-order chi connectivity index (χ1) is 12.0. The zero-order chi connectivity index (χ0) is 17.6. The molecule has 25 heavy (non-hydrogen) atoms. The van der Waals surface area contributed by atoms with Crippen molar-refractivity contribution in [1.29, 1.82) is 0 Å². The normalized spacial score (nSPS) is 17.3. The van der Waals surface area contributed by atoms with Crippen molar-refractivity contribution in [2.75, 3.05) is 27.2 Å². The molecule has 130 valence electrons. The van der Waals surface area contributed by atoms with Gasteiger partial charge in [0.15, 0.2) is 5.76 Å². The van der Waals surface area contributed by atoms with Crippen molar-refractivity contribution in [3.8, 4) is 0 Å². The number of rotatable bonds is 3. The quantitative estimate of drug-likeness (QED) is 0.722. The molecule has 0 fully saturated rings. The van der Waals surface area contributed by atoms with E-state index in [4.69, 9.17) is 16.0 Å². The molecule has 3 aromatic rings. The number of hydrogen-bond acceptors (Lipinski definition) is 4. The standard InChI is InChI=1S/C18H19ClN4O2/c1-21(2)8-15-10-22(9-14-7-20-11-23(14)15)18(24)17-6-12-5-13(19)3-4-16(12)25-17/h3-7,11,15H,8-10H2,1-2H3/t15-/m1/s1. The third kappa shape index (κ3) is 3.03. The van der Waals surface area contributed by atoms with Crippen LogP contribution in [-0.4, -0.2) is 52.4 Å². The molecule has 1 aliphatic heterocycles. The fourth-order valence-electron chi connectivity index (χ4n) is 3.38. The molecule has 6 nitrogen and oxygen atoms in total. The minimum absolute atomic E-state index is 0.108. The smallest absolute Gasteiger partial charge is 0.290 e. The van der Waals surface area contributed by atoms with Gasteiger partial charge in [0, 0.05) is 29.7 Å². The van der Waals surface area contributed by atoms with Crippen molar-refractivity contribution in [1.82, 2.24) is 19.4 Å². The molecule has 0 spiro atoms. The molecule has 0 saturated carbocycles. The summed E-state index contributed by atoms with van der Waals surface area (Å²) in [5, 5.41) is 1.46. The average Bonchev–Trinajstić information content (AvgIpc) is 3.19. The fraction of sp³-hybridized carbons (Fsp3) is 0.333. The number of likely N-dealkylation sites (N-methyl/N-ethyl adjacent to an activating group) is 1. The summed E-state index contributed by atoms with van der Waals surface area (Å²) in [6, 6.07) is 7.28. The molecule has 0 saturated heterocycles. The zero-order valence-corrected chi connectivity index (χ0v) is 14.9. The van der Waals surface area contributed by atoms with E-state index >= 15 is 0 Å². The van der Waals surface area contributed by atoms with E-state index in [1.165, 1.54) is 0 Å². The molecule has 0 unspecified atom stereocenters. The Kier molecular flexibility index (Phi) is 4.01. The van der Waals surface area contributed by atoms with Crippen LogP contribution in [0, 0.1) is 0 Å². The summed E-state index contributed by atoms with van der Waals surface area (Å²) in [6.45, 7) is 1.99. The first kappa shape index (κ1) is 16.2. The summed E-state index contributed by atoms with van der Waals surface area (Å²) >= 11 is 6.02. The number of carbonyl (C=O) groups excluding carboxylic acids is 1. The molecule has 1 atom stereocenters. The second kappa shape index (κ2) is 6.20. The molecule has 1 aromatic carbocycles. The molecule has 4 rings (SSSR count). The molecular weight excluding hydrogens is 340 g/mol. The lowest BCUT2D eigenvalue weighted by Gasteiger charge is -2.35. The maximum absolute atomic E-state index is 13.0. The lowest BCUT2D eigenvalue weighted by atomic mass is 10.1. The summed E-state index contributed by atoms with van der Waals surface area (Å²) in [7, 11) is 4.06. The second-order valence-electron chi connectivity index (χ2n) is 6.69. The average molecular weight is 359 g/mol. The van der Waals surface area contributed by atoms with Crippen LogP contribution >= 0.6 is 11.6 Å². The molecule has 0 bridgehead atoms. The monoisotopic (exact) mass is 358 g/mol. The Balaban J connectivity index is 1.63. The Morgan fingerprint density at radius 1 is 1.40 bits per heavy atom. The number of benzene rings is 1.